The van der Waals surface area contributed by atoms with Crippen LogP contribution in [0.4, 0.5) is 5.69 Å². The van der Waals surface area contributed by atoms with Crippen LogP contribution in [0.2, 0.25) is 0 Å². The quantitative estimate of drug-likeness (QED) is 0.721. The van der Waals surface area contributed by atoms with Crippen molar-refractivity contribution in [3.05, 3.63) is 29.8 Å². The van der Waals surface area contributed by atoms with Gasteiger partial charge in [0.05, 0.1) is 6.26 Å². The van der Waals surface area contributed by atoms with Crippen LogP contribution in [0.3, 0.4) is 0 Å². The standard InChI is InChI=1S/C16H22ClN3O4S/c1-25(23,24)19-14-4-2-12(3-5-14)16(22)20-10-7-13(8-11-20)18-15(21)6-9-17/h2-5,13,19H,6-11H2,1H3,(H,18,21). The van der Waals surface area contributed by atoms with Crippen molar-refractivity contribution in [1.82, 2.24) is 10.2 Å². The molecule has 138 valence electrons. The SMILES string of the molecule is CS(=O)(=O)Nc1ccc(C(=O)N2CCC(NC(=O)CCCl)CC2)cc1. The molecule has 0 bridgehead atoms. The normalized spacial score (nSPS) is 15.7. The fraction of sp³-hybridized carbons (Fsp3) is 0.500. The van der Waals surface area contributed by atoms with E-state index in [9.17, 15) is 18.0 Å². The van der Waals surface area contributed by atoms with Crippen molar-refractivity contribution in [2.24, 2.45) is 0 Å². The van der Waals surface area contributed by atoms with Gasteiger partial charge in [-0.3, -0.25) is 14.3 Å². The summed E-state index contributed by atoms with van der Waals surface area (Å²) < 4.78 is 24.7. The molecule has 1 fully saturated rings. The number of anilines is 1. The topological polar surface area (TPSA) is 95.6 Å². The Morgan fingerprint density at radius 1 is 1.20 bits per heavy atom. The lowest BCUT2D eigenvalue weighted by Crippen LogP contribution is -2.46. The molecule has 0 aliphatic carbocycles. The first-order chi connectivity index (χ1) is 11.8. The number of benzene rings is 1. The van der Waals surface area contributed by atoms with Gasteiger partial charge in [-0.1, -0.05) is 0 Å². The predicted molar refractivity (Wildman–Crippen MR) is 97.3 cm³/mol. The zero-order chi connectivity index (χ0) is 18.4. The molecule has 0 saturated carbocycles. The van der Waals surface area contributed by atoms with E-state index in [0.29, 0.717) is 49.5 Å². The molecule has 2 N–H and O–H groups in total. The van der Waals surface area contributed by atoms with Crippen LogP contribution < -0.4 is 10.0 Å². The van der Waals surface area contributed by atoms with E-state index in [-0.39, 0.29) is 17.9 Å². The van der Waals surface area contributed by atoms with Crippen molar-refractivity contribution in [2.45, 2.75) is 25.3 Å². The number of carbonyl (C=O) groups is 2. The fourth-order valence-electron chi connectivity index (χ4n) is 2.69. The molecule has 0 aromatic heterocycles. The molecule has 2 rings (SSSR count). The monoisotopic (exact) mass is 387 g/mol. The zero-order valence-corrected chi connectivity index (χ0v) is 15.6. The van der Waals surface area contributed by atoms with Gasteiger partial charge in [-0.2, -0.15) is 0 Å². The average Bonchev–Trinajstić information content (AvgIpc) is 2.54. The van der Waals surface area contributed by atoms with Gasteiger partial charge < -0.3 is 10.2 Å². The summed E-state index contributed by atoms with van der Waals surface area (Å²) in [5, 5.41) is 2.92. The Morgan fingerprint density at radius 3 is 2.32 bits per heavy atom. The Bertz CT molecular complexity index is 713. The largest absolute Gasteiger partial charge is 0.353 e. The molecule has 7 nitrogen and oxygen atoms in total. The highest BCUT2D eigenvalue weighted by atomic mass is 35.5. The van der Waals surface area contributed by atoms with E-state index in [0.717, 1.165) is 6.26 Å². The van der Waals surface area contributed by atoms with Crippen molar-refractivity contribution >= 4 is 39.1 Å². The maximum absolute atomic E-state index is 12.5. The summed E-state index contributed by atoms with van der Waals surface area (Å²) in [6, 6.07) is 6.40. The number of piperidine rings is 1. The molecule has 1 heterocycles. The highest BCUT2D eigenvalue weighted by molar-refractivity contribution is 7.92. The highest BCUT2D eigenvalue weighted by Gasteiger charge is 2.24. The molecule has 2 amide bonds. The molecule has 1 saturated heterocycles. The average molecular weight is 388 g/mol. The number of nitrogens with one attached hydrogen (secondary N) is 2. The van der Waals surface area contributed by atoms with Gasteiger partial charge in [0, 0.05) is 42.7 Å². The van der Waals surface area contributed by atoms with Gasteiger partial charge in [0.1, 0.15) is 0 Å². The molecule has 25 heavy (non-hydrogen) atoms. The van der Waals surface area contributed by atoms with E-state index in [2.05, 4.69) is 10.0 Å². The minimum atomic E-state index is -3.34. The molecule has 1 aromatic carbocycles. The molecular weight excluding hydrogens is 366 g/mol. The van der Waals surface area contributed by atoms with Crippen molar-refractivity contribution in [3.8, 4) is 0 Å². The smallest absolute Gasteiger partial charge is 0.253 e. The molecule has 0 spiro atoms. The highest BCUT2D eigenvalue weighted by Crippen LogP contribution is 2.16. The molecule has 0 atom stereocenters. The number of sulfonamides is 1. The third kappa shape index (κ3) is 6.21. The first-order valence-corrected chi connectivity index (χ1v) is 10.4. The lowest BCUT2D eigenvalue weighted by molar-refractivity contribution is -0.121. The molecular formula is C16H22ClN3O4S. The molecule has 1 aliphatic rings. The minimum absolute atomic E-state index is 0.0614. The number of carbonyl (C=O) groups excluding carboxylic acids is 2. The maximum Gasteiger partial charge on any atom is 0.253 e. The molecule has 0 radical (unpaired) electrons. The second-order valence-electron chi connectivity index (χ2n) is 6.02. The zero-order valence-electron chi connectivity index (χ0n) is 14.0. The Balaban J connectivity index is 1.88. The molecule has 0 unspecified atom stereocenters. The number of likely N-dealkylation sites (tertiary alicyclic amines) is 1. The number of hydrogen-bond donors (Lipinski definition) is 2. The van der Waals surface area contributed by atoms with Gasteiger partial charge in [0.2, 0.25) is 15.9 Å². The van der Waals surface area contributed by atoms with Crippen LogP contribution >= 0.6 is 11.6 Å². The predicted octanol–water partition coefficient (Wildman–Crippen LogP) is 1.41. The molecule has 1 aliphatic heterocycles. The summed E-state index contributed by atoms with van der Waals surface area (Å²) in [5.74, 6) is 0.137. The fourth-order valence-corrected chi connectivity index (χ4v) is 3.43. The van der Waals surface area contributed by atoms with Crippen LogP contribution in [0.25, 0.3) is 0 Å². The van der Waals surface area contributed by atoms with E-state index in [1.807, 2.05) is 0 Å². The summed E-state index contributed by atoms with van der Waals surface area (Å²) in [5.41, 5.74) is 0.920. The third-order valence-corrected chi connectivity index (χ3v) is 4.70. The summed E-state index contributed by atoms with van der Waals surface area (Å²) in [6.45, 7) is 1.13. The van der Waals surface area contributed by atoms with E-state index >= 15 is 0 Å². The Hall–Kier alpha value is -1.80. The summed E-state index contributed by atoms with van der Waals surface area (Å²) in [6.07, 6.45) is 2.78. The van der Waals surface area contributed by atoms with Crippen molar-refractivity contribution < 1.29 is 18.0 Å². The van der Waals surface area contributed by atoms with Gasteiger partial charge in [0.15, 0.2) is 0 Å². The van der Waals surface area contributed by atoms with Gasteiger partial charge in [-0.25, -0.2) is 8.42 Å². The number of amides is 2. The number of rotatable bonds is 6. The maximum atomic E-state index is 12.5. The number of hydrogen-bond acceptors (Lipinski definition) is 4. The summed E-state index contributed by atoms with van der Waals surface area (Å²) >= 11 is 5.54. The van der Waals surface area contributed by atoms with E-state index in [4.69, 9.17) is 11.6 Å². The van der Waals surface area contributed by atoms with Crippen LogP contribution in [0.5, 0.6) is 0 Å². The minimum Gasteiger partial charge on any atom is -0.353 e. The molecule has 1 aromatic rings. The lowest BCUT2D eigenvalue weighted by atomic mass is 10.0. The van der Waals surface area contributed by atoms with Gasteiger partial charge >= 0.3 is 0 Å². The number of alkyl halides is 1. The first-order valence-electron chi connectivity index (χ1n) is 8.01. The van der Waals surface area contributed by atoms with Gasteiger partial charge in [-0.15, -0.1) is 11.6 Å². The van der Waals surface area contributed by atoms with Crippen molar-refractivity contribution in [3.63, 3.8) is 0 Å². The van der Waals surface area contributed by atoms with Crippen LogP contribution in [0, 0.1) is 0 Å². The lowest BCUT2D eigenvalue weighted by Gasteiger charge is -2.32. The van der Waals surface area contributed by atoms with Gasteiger partial charge in [-0.05, 0) is 37.1 Å². The Morgan fingerprint density at radius 2 is 1.80 bits per heavy atom. The number of nitrogens with zero attached hydrogens (tertiary/aromatic N) is 1. The van der Waals surface area contributed by atoms with Crippen molar-refractivity contribution in [1.29, 1.82) is 0 Å². The summed E-state index contributed by atoms with van der Waals surface area (Å²) in [4.78, 5) is 25.8. The van der Waals surface area contributed by atoms with Crippen molar-refractivity contribution in [2.75, 3.05) is 29.9 Å². The third-order valence-electron chi connectivity index (χ3n) is 3.90. The van der Waals surface area contributed by atoms with E-state index in [1.54, 1.807) is 29.2 Å². The first kappa shape index (κ1) is 19.5. The van der Waals surface area contributed by atoms with Gasteiger partial charge in [0.25, 0.3) is 5.91 Å². The molecule has 9 heteroatoms. The summed E-state index contributed by atoms with van der Waals surface area (Å²) in [7, 11) is -3.34. The number of halogens is 1. The van der Waals surface area contributed by atoms with Crippen LogP contribution in [0.15, 0.2) is 24.3 Å². The second-order valence-corrected chi connectivity index (χ2v) is 8.15. The Labute approximate surface area is 152 Å². The van der Waals surface area contributed by atoms with E-state index < -0.39 is 10.0 Å². The second kappa shape index (κ2) is 8.53. The van der Waals surface area contributed by atoms with E-state index in [1.165, 1.54) is 0 Å². The van der Waals surface area contributed by atoms with Crippen LogP contribution in [-0.4, -0.2) is 56.4 Å². The Kier molecular flexibility index (Phi) is 6.66. The van der Waals surface area contributed by atoms with Crippen LogP contribution in [0.1, 0.15) is 29.6 Å². The van der Waals surface area contributed by atoms with Crippen LogP contribution in [-0.2, 0) is 14.8 Å².